The molecule has 0 radical (unpaired) electrons. The quantitative estimate of drug-likeness (QED) is 0.665. The van der Waals surface area contributed by atoms with Crippen molar-refractivity contribution in [1.82, 2.24) is 9.80 Å². The molecule has 2 amide bonds. The van der Waals surface area contributed by atoms with E-state index < -0.39 is 0 Å². The number of nitrogens with zero attached hydrogens (tertiary/aromatic N) is 2. The Bertz CT molecular complexity index is 629. The molecule has 0 aliphatic heterocycles. The van der Waals surface area contributed by atoms with Crippen LogP contribution in [0.1, 0.15) is 52.4 Å². The van der Waals surface area contributed by atoms with E-state index in [-0.39, 0.29) is 24.9 Å². The fourth-order valence-electron chi connectivity index (χ4n) is 3.98. The van der Waals surface area contributed by atoms with Gasteiger partial charge >= 0.3 is 0 Å². The van der Waals surface area contributed by atoms with E-state index in [9.17, 15) is 9.59 Å². The summed E-state index contributed by atoms with van der Waals surface area (Å²) in [6.45, 7) is 6.04. The molecule has 2 rings (SSSR count). The van der Waals surface area contributed by atoms with E-state index in [1.54, 1.807) is 7.11 Å². The van der Waals surface area contributed by atoms with Gasteiger partial charge in [-0.05, 0) is 44.9 Å². The second-order valence-corrected chi connectivity index (χ2v) is 7.43. The normalized spacial score (nSPS) is 14.7. The first-order valence-electron chi connectivity index (χ1n) is 10.5. The van der Waals surface area contributed by atoms with Gasteiger partial charge in [0.25, 0.3) is 0 Å². The number of amides is 2. The number of ether oxygens (including phenoxy) is 1. The number of benzene rings is 1. The fraction of sp³-hybridized carbons (Fsp3) is 0.636. The minimum absolute atomic E-state index is 0.132. The lowest BCUT2D eigenvalue weighted by Gasteiger charge is -2.35. The van der Waals surface area contributed by atoms with E-state index in [4.69, 9.17) is 4.74 Å². The van der Waals surface area contributed by atoms with Gasteiger partial charge in [-0.1, -0.05) is 38.3 Å². The zero-order valence-corrected chi connectivity index (χ0v) is 17.6. The summed E-state index contributed by atoms with van der Waals surface area (Å²) >= 11 is 0. The number of anilines is 1. The standard InChI is InChI=1S/C22H35N3O3/c1-4-15-24(16-21(26)23-19-13-9-10-14-20(19)28-3)17-22(27)25(5-2)18-11-7-6-8-12-18/h9-10,13-14,18H,4-8,11-12,15-17H2,1-3H3,(H,23,26). The molecule has 1 aromatic rings. The van der Waals surface area contributed by atoms with Crippen molar-refractivity contribution in [3.63, 3.8) is 0 Å². The molecule has 1 aliphatic carbocycles. The molecule has 1 aliphatic rings. The molecule has 1 N–H and O–H groups in total. The molecule has 0 bridgehead atoms. The van der Waals surface area contributed by atoms with Crippen LogP contribution < -0.4 is 10.1 Å². The Kier molecular flexibility index (Phi) is 9.28. The molecule has 6 nitrogen and oxygen atoms in total. The maximum atomic E-state index is 12.9. The smallest absolute Gasteiger partial charge is 0.238 e. The zero-order valence-electron chi connectivity index (χ0n) is 17.6. The van der Waals surface area contributed by atoms with Gasteiger partial charge in [-0.2, -0.15) is 0 Å². The Hall–Kier alpha value is -2.08. The molecule has 1 aromatic carbocycles. The van der Waals surface area contributed by atoms with Crippen molar-refractivity contribution in [1.29, 1.82) is 0 Å². The van der Waals surface area contributed by atoms with Gasteiger partial charge in [0, 0.05) is 12.6 Å². The van der Waals surface area contributed by atoms with Crippen molar-refractivity contribution in [2.24, 2.45) is 0 Å². The number of nitrogens with one attached hydrogen (secondary N) is 1. The summed E-state index contributed by atoms with van der Waals surface area (Å²) in [6.07, 6.45) is 6.77. The Morgan fingerprint density at radius 2 is 1.82 bits per heavy atom. The summed E-state index contributed by atoms with van der Waals surface area (Å²) in [5, 5.41) is 2.90. The number of para-hydroxylation sites is 2. The predicted molar refractivity (Wildman–Crippen MR) is 113 cm³/mol. The van der Waals surface area contributed by atoms with Crippen LogP contribution in [-0.4, -0.2) is 60.9 Å². The summed E-state index contributed by atoms with van der Waals surface area (Å²) in [7, 11) is 1.58. The van der Waals surface area contributed by atoms with E-state index in [0.717, 1.165) is 25.8 Å². The molecule has 0 unspecified atom stereocenters. The van der Waals surface area contributed by atoms with E-state index >= 15 is 0 Å². The van der Waals surface area contributed by atoms with Gasteiger partial charge in [0.2, 0.25) is 11.8 Å². The van der Waals surface area contributed by atoms with Crippen molar-refractivity contribution in [3.8, 4) is 5.75 Å². The predicted octanol–water partition coefficient (Wildman–Crippen LogP) is 3.53. The van der Waals surface area contributed by atoms with Crippen LogP contribution in [0.4, 0.5) is 5.69 Å². The Morgan fingerprint density at radius 1 is 1.11 bits per heavy atom. The van der Waals surface area contributed by atoms with Gasteiger partial charge in [-0.25, -0.2) is 0 Å². The van der Waals surface area contributed by atoms with Crippen LogP contribution in [0.5, 0.6) is 5.75 Å². The molecule has 28 heavy (non-hydrogen) atoms. The van der Waals surface area contributed by atoms with Crippen LogP contribution in [0.15, 0.2) is 24.3 Å². The van der Waals surface area contributed by atoms with Crippen LogP contribution in [-0.2, 0) is 9.59 Å². The van der Waals surface area contributed by atoms with Crippen molar-refractivity contribution >= 4 is 17.5 Å². The zero-order chi connectivity index (χ0) is 20.4. The van der Waals surface area contributed by atoms with Crippen LogP contribution >= 0.6 is 0 Å². The second-order valence-electron chi connectivity index (χ2n) is 7.43. The van der Waals surface area contributed by atoms with Crippen molar-refractivity contribution in [3.05, 3.63) is 24.3 Å². The van der Waals surface area contributed by atoms with Gasteiger partial charge in [0.15, 0.2) is 0 Å². The molecule has 6 heteroatoms. The van der Waals surface area contributed by atoms with E-state index in [2.05, 4.69) is 12.2 Å². The molecular weight excluding hydrogens is 354 g/mol. The van der Waals surface area contributed by atoms with E-state index in [1.807, 2.05) is 41.0 Å². The van der Waals surface area contributed by atoms with E-state index in [0.29, 0.717) is 24.0 Å². The Balaban J connectivity index is 1.95. The minimum atomic E-state index is -0.133. The maximum Gasteiger partial charge on any atom is 0.238 e. The van der Waals surface area contributed by atoms with Gasteiger partial charge in [-0.15, -0.1) is 0 Å². The Labute approximate surface area is 169 Å². The number of carbonyl (C=O) groups is 2. The summed E-state index contributed by atoms with van der Waals surface area (Å²) in [5.74, 6) is 0.628. The topological polar surface area (TPSA) is 61.9 Å². The number of methoxy groups -OCH3 is 1. The molecule has 1 fully saturated rings. The molecule has 0 saturated heterocycles. The number of likely N-dealkylation sites (N-methyl/N-ethyl adjacent to an activating group) is 1. The van der Waals surface area contributed by atoms with Gasteiger partial charge in [0.1, 0.15) is 5.75 Å². The highest BCUT2D eigenvalue weighted by Crippen LogP contribution is 2.24. The lowest BCUT2D eigenvalue weighted by Crippen LogP contribution is -2.47. The van der Waals surface area contributed by atoms with Crippen molar-refractivity contribution < 1.29 is 14.3 Å². The van der Waals surface area contributed by atoms with Gasteiger partial charge in [0.05, 0.1) is 25.9 Å². The van der Waals surface area contributed by atoms with Gasteiger partial charge < -0.3 is 15.0 Å². The second kappa shape index (κ2) is 11.7. The average molecular weight is 390 g/mol. The third-order valence-corrected chi connectivity index (χ3v) is 5.32. The molecule has 156 valence electrons. The SMILES string of the molecule is CCCN(CC(=O)Nc1ccccc1OC)CC(=O)N(CC)C1CCCCC1. The summed E-state index contributed by atoms with van der Waals surface area (Å²) < 4.78 is 5.29. The van der Waals surface area contributed by atoms with Crippen LogP contribution in [0.25, 0.3) is 0 Å². The average Bonchev–Trinajstić information content (AvgIpc) is 2.70. The maximum absolute atomic E-state index is 12.9. The third kappa shape index (κ3) is 6.51. The molecular formula is C22H35N3O3. The van der Waals surface area contributed by atoms with Crippen LogP contribution in [0.2, 0.25) is 0 Å². The highest BCUT2D eigenvalue weighted by molar-refractivity contribution is 5.94. The van der Waals surface area contributed by atoms with Gasteiger partial charge in [-0.3, -0.25) is 14.5 Å². The molecule has 0 aromatic heterocycles. The van der Waals surface area contributed by atoms with Crippen LogP contribution in [0.3, 0.4) is 0 Å². The Morgan fingerprint density at radius 3 is 2.46 bits per heavy atom. The first-order chi connectivity index (χ1) is 13.6. The molecule has 0 heterocycles. The number of hydrogen-bond donors (Lipinski definition) is 1. The number of hydrogen-bond acceptors (Lipinski definition) is 4. The summed E-state index contributed by atoms with van der Waals surface area (Å²) in [4.78, 5) is 29.4. The highest BCUT2D eigenvalue weighted by Gasteiger charge is 2.25. The lowest BCUT2D eigenvalue weighted by molar-refractivity contribution is -0.135. The number of rotatable bonds is 10. The fourth-order valence-corrected chi connectivity index (χ4v) is 3.98. The van der Waals surface area contributed by atoms with Crippen molar-refractivity contribution in [2.45, 2.75) is 58.4 Å². The summed E-state index contributed by atoms with van der Waals surface area (Å²) in [5.41, 5.74) is 0.648. The lowest BCUT2D eigenvalue weighted by atomic mass is 9.94. The van der Waals surface area contributed by atoms with Crippen molar-refractivity contribution in [2.75, 3.05) is 38.6 Å². The molecule has 1 saturated carbocycles. The van der Waals surface area contributed by atoms with Crippen LogP contribution in [0, 0.1) is 0 Å². The van der Waals surface area contributed by atoms with E-state index in [1.165, 1.54) is 19.3 Å². The summed E-state index contributed by atoms with van der Waals surface area (Å²) in [6, 6.07) is 7.70. The highest BCUT2D eigenvalue weighted by atomic mass is 16.5. The molecule has 0 atom stereocenters. The third-order valence-electron chi connectivity index (χ3n) is 5.32. The largest absolute Gasteiger partial charge is 0.495 e. The molecule has 0 spiro atoms. The first kappa shape index (κ1) is 22.2. The monoisotopic (exact) mass is 389 g/mol. The minimum Gasteiger partial charge on any atom is -0.495 e. The first-order valence-corrected chi connectivity index (χ1v) is 10.5. The number of carbonyl (C=O) groups excluding carboxylic acids is 2.